The highest BCUT2D eigenvalue weighted by molar-refractivity contribution is 5.73. The number of amides is 2. The summed E-state index contributed by atoms with van der Waals surface area (Å²) in [4.78, 5) is 12.3. The molecule has 0 radical (unpaired) electrons. The van der Waals surface area contributed by atoms with E-state index in [4.69, 9.17) is 4.74 Å². The number of urea groups is 1. The second kappa shape index (κ2) is 11.6. The number of carbonyl (C=O) groups is 1. The maximum atomic E-state index is 12.3. The quantitative estimate of drug-likeness (QED) is 0.436. The minimum atomic E-state index is -0.0376. The van der Waals surface area contributed by atoms with Gasteiger partial charge >= 0.3 is 6.03 Å². The summed E-state index contributed by atoms with van der Waals surface area (Å²) in [5.74, 6) is 2.69. The topological polar surface area (TPSA) is 50.4 Å². The van der Waals surface area contributed by atoms with Gasteiger partial charge in [0.15, 0.2) is 0 Å². The summed E-state index contributed by atoms with van der Waals surface area (Å²) in [5, 5.41) is 6.14. The highest BCUT2D eigenvalue weighted by atomic mass is 16.5. The smallest absolute Gasteiger partial charge is 0.314 e. The summed E-state index contributed by atoms with van der Waals surface area (Å²) >= 11 is 0. The average Bonchev–Trinajstić information content (AvgIpc) is 2.84. The van der Waals surface area contributed by atoms with Crippen LogP contribution in [0.15, 0.2) is 54.6 Å². The van der Waals surface area contributed by atoms with E-state index in [0.29, 0.717) is 18.6 Å². The molecule has 0 heterocycles. The number of benzene rings is 2. The Balaban J connectivity index is 1.13. The van der Waals surface area contributed by atoms with Crippen LogP contribution < -0.4 is 15.4 Å². The molecule has 2 aromatic rings. The Morgan fingerprint density at radius 1 is 1.00 bits per heavy atom. The fraction of sp³-hybridized carbons (Fsp3) is 0.552. The Labute approximate surface area is 199 Å². The fourth-order valence-corrected chi connectivity index (χ4v) is 6.09. The van der Waals surface area contributed by atoms with Crippen molar-refractivity contribution in [2.45, 2.75) is 71.3 Å². The Hall–Kier alpha value is -2.49. The summed E-state index contributed by atoms with van der Waals surface area (Å²) in [6.07, 6.45) is 11.6. The van der Waals surface area contributed by atoms with E-state index in [1.807, 2.05) is 30.3 Å². The van der Waals surface area contributed by atoms with Crippen LogP contribution in [0.2, 0.25) is 0 Å². The van der Waals surface area contributed by atoms with Gasteiger partial charge in [-0.05, 0) is 79.0 Å². The van der Waals surface area contributed by atoms with Crippen molar-refractivity contribution < 1.29 is 9.53 Å². The maximum Gasteiger partial charge on any atom is 0.314 e. The molecule has 2 aliphatic rings. The van der Waals surface area contributed by atoms with Gasteiger partial charge in [0.05, 0.1) is 0 Å². The molecule has 3 unspecified atom stereocenters. The number of rotatable bonds is 10. The van der Waals surface area contributed by atoms with Crippen molar-refractivity contribution in [1.82, 2.24) is 10.6 Å². The van der Waals surface area contributed by atoms with Gasteiger partial charge in [-0.3, -0.25) is 0 Å². The zero-order valence-corrected chi connectivity index (χ0v) is 20.2. The van der Waals surface area contributed by atoms with Crippen molar-refractivity contribution in [3.63, 3.8) is 0 Å². The highest BCUT2D eigenvalue weighted by Crippen LogP contribution is 2.53. The van der Waals surface area contributed by atoms with Crippen LogP contribution >= 0.6 is 0 Å². The van der Waals surface area contributed by atoms with Crippen molar-refractivity contribution in [2.24, 2.45) is 17.3 Å². The SMILES string of the molecule is CCC1CC2CCCC(CCNC(=O)NCCc3ccc(OCc4ccccc4)cc3)(C1)C2. The average molecular weight is 449 g/mol. The molecule has 2 aromatic carbocycles. The molecule has 0 aliphatic heterocycles. The van der Waals surface area contributed by atoms with Gasteiger partial charge in [0, 0.05) is 13.1 Å². The molecule has 4 nitrogen and oxygen atoms in total. The first-order valence-electron chi connectivity index (χ1n) is 12.9. The predicted molar refractivity (Wildman–Crippen MR) is 134 cm³/mol. The van der Waals surface area contributed by atoms with E-state index >= 15 is 0 Å². The lowest BCUT2D eigenvalue weighted by Gasteiger charge is -2.48. The second-order valence-electron chi connectivity index (χ2n) is 10.3. The highest BCUT2D eigenvalue weighted by Gasteiger charge is 2.41. The van der Waals surface area contributed by atoms with Crippen molar-refractivity contribution in [2.75, 3.05) is 13.1 Å². The van der Waals surface area contributed by atoms with E-state index in [1.165, 1.54) is 50.5 Å². The van der Waals surface area contributed by atoms with E-state index in [1.54, 1.807) is 0 Å². The molecular weight excluding hydrogens is 408 g/mol. The third kappa shape index (κ3) is 6.99. The standard InChI is InChI=1S/C29H40N2O2/c1-2-23-19-26-9-6-15-29(20-23,21-26)16-18-31-28(32)30-17-14-24-10-12-27(13-11-24)33-22-25-7-4-3-5-8-25/h3-5,7-8,10-13,23,26H,2,6,9,14-22H2,1H3,(H2,30,31,32). The van der Waals surface area contributed by atoms with Crippen molar-refractivity contribution in [3.05, 3.63) is 65.7 Å². The molecule has 2 aliphatic carbocycles. The summed E-state index contributed by atoms with van der Waals surface area (Å²) in [7, 11) is 0. The number of fused-ring (bicyclic) bond motifs is 2. The molecular formula is C29H40N2O2. The Kier molecular flexibility index (Phi) is 8.30. The largest absolute Gasteiger partial charge is 0.489 e. The molecule has 2 fully saturated rings. The molecule has 4 rings (SSSR count). The molecule has 0 aromatic heterocycles. The van der Waals surface area contributed by atoms with Gasteiger partial charge in [-0.2, -0.15) is 0 Å². The second-order valence-corrected chi connectivity index (χ2v) is 10.3. The van der Waals surface area contributed by atoms with E-state index in [0.717, 1.165) is 42.5 Å². The lowest BCUT2D eigenvalue weighted by atomic mass is 9.57. The zero-order valence-electron chi connectivity index (χ0n) is 20.2. The van der Waals surface area contributed by atoms with Crippen LogP contribution in [0.1, 0.15) is 69.4 Å². The molecule has 4 heteroatoms. The first-order valence-corrected chi connectivity index (χ1v) is 12.9. The third-order valence-electron chi connectivity index (χ3n) is 7.82. The van der Waals surface area contributed by atoms with Gasteiger partial charge in [-0.15, -0.1) is 0 Å². The minimum Gasteiger partial charge on any atom is -0.489 e. The van der Waals surface area contributed by atoms with Crippen molar-refractivity contribution in [1.29, 1.82) is 0 Å². The first-order chi connectivity index (χ1) is 16.1. The van der Waals surface area contributed by atoms with Crippen molar-refractivity contribution in [3.8, 4) is 5.75 Å². The molecule has 2 bridgehead atoms. The number of hydrogen-bond acceptors (Lipinski definition) is 2. The first kappa shape index (κ1) is 23.7. The summed E-state index contributed by atoms with van der Waals surface area (Å²) in [5.41, 5.74) is 2.84. The molecule has 0 spiro atoms. The van der Waals surface area contributed by atoms with Crippen LogP contribution in [0.3, 0.4) is 0 Å². The number of nitrogens with one attached hydrogen (secondary N) is 2. The Morgan fingerprint density at radius 3 is 2.58 bits per heavy atom. The lowest BCUT2D eigenvalue weighted by Crippen LogP contribution is -2.42. The van der Waals surface area contributed by atoms with Crippen molar-refractivity contribution >= 4 is 6.03 Å². The molecule has 178 valence electrons. The molecule has 0 saturated heterocycles. The number of carbonyl (C=O) groups excluding carboxylic acids is 1. The van der Waals surface area contributed by atoms with E-state index in [2.05, 4.69) is 41.8 Å². The van der Waals surface area contributed by atoms with Gasteiger partial charge in [0.25, 0.3) is 0 Å². The lowest BCUT2D eigenvalue weighted by molar-refractivity contribution is 0.0317. The Bertz CT molecular complexity index is 867. The molecule has 2 saturated carbocycles. The summed E-state index contributed by atoms with van der Waals surface area (Å²) in [6, 6.07) is 18.3. The van der Waals surface area contributed by atoms with E-state index < -0.39 is 0 Å². The van der Waals surface area contributed by atoms with Crippen LogP contribution in [0.4, 0.5) is 4.79 Å². The Morgan fingerprint density at radius 2 is 1.79 bits per heavy atom. The van der Waals surface area contributed by atoms with Crippen LogP contribution in [0.5, 0.6) is 5.75 Å². The van der Waals surface area contributed by atoms with Crippen LogP contribution in [0, 0.1) is 17.3 Å². The van der Waals surface area contributed by atoms with E-state index in [9.17, 15) is 4.79 Å². The predicted octanol–water partition coefficient (Wildman–Crippen LogP) is 6.49. The van der Waals surface area contributed by atoms with E-state index in [-0.39, 0.29) is 6.03 Å². The van der Waals surface area contributed by atoms with Crippen LogP contribution in [-0.2, 0) is 13.0 Å². The molecule has 2 N–H and O–H groups in total. The number of ether oxygens (including phenoxy) is 1. The maximum absolute atomic E-state index is 12.3. The number of hydrogen-bond donors (Lipinski definition) is 2. The molecule has 33 heavy (non-hydrogen) atoms. The third-order valence-corrected chi connectivity index (χ3v) is 7.82. The molecule has 2 amide bonds. The van der Waals surface area contributed by atoms with Gasteiger partial charge in [0.2, 0.25) is 0 Å². The molecule has 3 atom stereocenters. The van der Waals surface area contributed by atoms with Crippen LogP contribution in [-0.4, -0.2) is 19.1 Å². The zero-order chi connectivity index (χ0) is 22.9. The van der Waals surface area contributed by atoms with Gasteiger partial charge < -0.3 is 15.4 Å². The van der Waals surface area contributed by atoms with Gasteiger partial charge in [-0.25, -0.2) is 4.79 Å². The normalized spacial score (nSPS) is 24.2. The van der Waals surface area contributed by atoms with Gasteiger partial charge in [0.1, 0.15) is 12.4 Å². The monoisotopic (exact) mass is 448 g/mol. The summed E-state index contributed by atoms with van der Waals surface area (Å²) in [6.45, 7) is 4.35. The minimum absolute atomic E-state index is 0.0376. The fourth-order valence-electron chi connectivity index (χ4n) is 6.09. The van der Waals surface area contributed by atoms with Gasteiger partial charge in [-0.1, -0.05) is 68.7 Å². The van der Waals surface area contributed by atoms with Crippen LogP contribution in [0.25, 0.3) is 0 Å². The summed E-state index contributed by atoms with van der Waals surface area (Å²) < 4.78 is 5.85.